The second kappa shape index (κ2) is 8.72. The van der Waals surface area contributed by atoms with Crippen LogP contribution in [0.25, 0.3) is 16.9 Å². The van der Waals surface area contributed by atoms with Crippen molar-refractivity contribution in [2.45, 2.75) is 10.6 Å². The molecule has 0 aliphatic heterocycles. The van der Waals surface area contributed by atoms with Crippen molar-refractivity contribution in [3.05, 3.63) is 58.5 Å². The highest BCUT2D eigenvalue weighted by Gasteiger charge is 2.15. The molecular weight excluding hydrogens is 490 g/mol. The smallest absolute Gasteiger partial charge is 0.250 e. The van der Waals surface area contributed by atoms with Gasteiger partial charge in [0.1, 0.15) is 15.8 Å². The topological polar surface area (TPSA) is 109 Å². The quantitative estimate of drug-likeness (QED) is 0.313. The Morgan fingerprint density at radius 3 is 2.77 bits per heavy atom. The lowest BCUT2D eigenvalue weighted by atomic mass is 10.1. The monoisotopic (exact) mass is 507 g/mol. The van der Waals surface area contributed by atoms with Crippen molar-refractivity contribution >= 4 is 48.8 Å². The van der Waals surface area contributed by atoms with Crippen LogP contribution in [-0.4, -0.2) is 41.2 Å². The number of sulfonamides is 1. The molecule has 3 aromatic heterocycles. The van der Waals surface area contributed by atoms with Gasteiger partial charge in [-0.3, -0.25) is 0 Å². The number of aromatic hydroxyl groups is 1. The molecule has 0 saturated carbocycles. The van der Waals surface area contributed by atoms with Crippen LogP contribution in [-0.2, 0) is 10.0 Å². The number of fused-ring (bicyclic) bond motifs is 1. The average molecular weight is 508 g/mol. The Bertz CT molecular complexity index is 1270. The summed E-state index contributed by atoms with van der Waals surface area (Å²) in [5.41, 5.74) is 1.82. The molecule has 4 aromatic rings. The Labute approximate surface area is 185 Å². The number of thiophene rings is 1. The number of aromatic nitrogens is 3. The van der Waals surface area contributed by atoms with Crippen molar-refractivity contribution in [1.82, 2.24) is 19.3 Å². The predicted octanol–water partition coefficient (Wildman–Crippen LogP) is 3.71. The highest BCUT2D eigenvalue weighted by Crippen LogP contribution is 2.31. The van der Waals surface area contributed by atoms with Crippen molar-refractivity contribution in [1.29, 1.82) is 0 Å². The first-order valence-electron chi connectivity index (χ1n) is 9.05. The number of phenolic OH excluding ortho intramolecular Hbond substituents is 1. The van der Waals surface area contributed by atoms with E-state index in [9.17, 15) is 13.5 Å². The van der Waals surface area contributed by atoms with Gasteiger partial charge in [-0.15, -0.1) is 11.3 Å². The first-order valence-corrected chi connectivity index (χ1v) is 12.2. The van der Waals surface area contributed by atoms with Gasteiger partial charge < -0.3 is 10.4 Å². The van der Waals surface area contributed by atoms with E-state index < -0.39 is 10.0 Å². The Balaban J connectivity index is 1.48. The maximum Gasteiger partial charge on any atom is 0.250 e. The Hall–Kier alpha value is -2.47. The molecule has 4 rings (SSSR count). The molecule has 30 heavy (non-hydrogen) atoms. The molecular formula is C19H18BrN5O3S2. The zero-order valence-electron chi connectivity index (χ0n) is 15.6. The van der Waals surface area contributed by atoms with Crippen LogP contribution in [0.5, 0.6) is 5.75 Å². The second-order valence-electron chi connectivity index (χ2n) is 6.38. The van der Waals surface area contributed by atoms with Gasteiger partial charge in [0.25, 0.3) is 0 Å². The molecule has 0 spiro atoms. The number of hydrogen-bond donors (Lipinski definition) is 3. The number of hydrogen-bond acceptors (Lipinski definition) is 7. The SMILES string of the molecule is O=S(=O)(NCCCNc1cc(-c2ccccc2O)nc2c(Br)cnn12)c1cccs1. The van der Waals surface area contributed by atoms with Gasteiger partial charge in [-0.2, -0.15) is 9.61 Å². The molecule has 156 valence electrons. The van der Waals surface area contributed by atoms with Gasteiger partial charge in [-0.05, 0) is 45.9 Å². The fourth-order valence-electron chi connectivity index (χ4n) is 2.89. The van der Waals surface area contributed by atoms with Crippen LogP contribution >= 0.6 is 27.3 Å². The Morgan fingerprint density at radius 1 is 1.17 bits per heavy atom. The number of anilines is 1. The molecule has 0 unspecified atom stereocenters. The molecule has 0 atom stereocenters. The molecule has 0 aliphatic carbocycles. The summed E-state index contributed by atoms with van der Waals surface area (Å²) in [4.78, 5) is 4.59. The molecule has 0 saturated heterocycles. The van der Waals surface area contributed by atoms with Crippen LogP contribution in [0.2, 0.25) is 0 Å². The summed E-state index contributed by atoms with van der Waals surface area (Å²) >= 11 is 4.63. The number of para-hydroxylation sites is 1. The van der Waals surface area contributed by atoms with E-state index in [1.807, 2.05) is 6.07 Å². The van der Waals surface area contributed by atoms with E-state index in [0.29, 0.717) is 46.4 Å². The van der Waals surface area contributed by atoms with Crippen molar-refractivity contribution in [3.63, 3.8) is 0 Å². The normalized spacial score (nSPS) is 11.8. The van der Waals surface area contributed by atoms with E-state index in [-0.39, 0.29) is 5.75 Å². The van der Waals surface area contributed by atoms with Gasteiger partial charge in [-0.1, -0.05) is 18.2 Å². The highest BCUT2D eigenvalue weighted by atomic mass is 79.9. The molecule has 8 nitrogen and oxygen atoms in total. The molecule has 0 aliphatic rings. The van der Waals surface area contributed by atoms with Gasteiger partial charge in [-0.25, -0.2) is 18.1 Å². The van der Waals surface area contributed by atoms with E-state index >= 15 is 0 Å². The molecule has 0 bridgehead atoms. The lowest BCUT2D eigenvalue weighted by Gasteiger charge is -2.12. The third-order valence-corrected chi connectivity index (χ3v) is 7.74. The molecule has 0 radical (unpaired) electrons. The number of halogens is 1. The third-order valence-electron chi connectivity index (χ3n) is 4.32. The first kappa shape index (κ1) is 20.8. The van der Waals surface area contributed by atoms with Crippen molar-refractivity contribution in [3.8, 4) is 17.0 Å². The molecule has 0 fully saturated rings. The minimum atomic E-state index is -3.46. The van der Waals surface area contributed by atoms with Gasteiger partial charge in [0.15, 0.2) is 5.65 Å². The Morgan fingerprint density at radius 2 is 2.00 bits per heavy atom. The predicted molar refractivity (Wildman–Crippen MR) is 120 cm³/mol. The summed E-state index contributed by atoms with van der Waals surface area (Å²) in [7, 11) is -3.46. The van der Waals surface area contributed by atoms with Gasteiger partial charge in [0.2, 0.25) is 10.0 Å². The van der Waals surface area contributed by atoms with Crippen molar-refractivity contribution in [2.75, 3.05) is 18.4 Å². The van der Waals surface area contributed by atoms with Gasteiger partial charge in [0, 0.05) is 24.7 Å². The van der Waals surface area contributed by atoms with Crippen LogP contribution in [0.15, 0.2) is 62.7 Å². The molecule has 3 heterocycles. The Kier molecular flexibility index (Phi) is 6.04. The van der Waals surface area contributed by atoms with Gasteiger partial charge >= 0.3 is 0 Å². The lowest BCUT2D eigenvalue weighted by Crippen LogP contribution is -2.25. The number of nitrogens with one attached hydrogen (secondary N) is 2. The van der Waals surface area contributed by atoms with Crippen LogP contribution in [0.3, 0.4) is 0 Å². The summed E-state index contributed by atoms with van der Waals surface area (Å²) in [6.45, 7) is 0.820. The molecule has 3 N–H and O–H groups in total. The van der Waals surface area contributed by atoms with Crippen LogP contribution in [0.1, 0.15) is 6.42 Å². The minimum absolute atomic E-state index is 0.138. The second-order valence-corrected chi connectivity index (χ2v) is 10.2. The molecule has 11 heteroatoms. The number of rotatable bonds is 8. The maximum absolute atomic E-state index is 12.2. The van der Waals surface area contributed by atoms with E-state index in [1.54, 1.807) is 52.5 Å². The number of nitrogens with zero attached hydrogens (tertiary/aromatic N) is 3. The van der Waals surface area contributed by atoms with E-state index in [2.05, 4.69) is 36.1 Å². The average Bonchev–Trinajstić information content (AvgIpc) is 3.39. The van der Waals surface area contributed by atoms with Crippen LogP contribution < -0.4 is 10.0 Å². The minimum Gasteiger partial charge on any atom is -0.507 e. The van der Waals surface area contributed by atoms with E-state index in [0.717, 1.165) is 4.47 Å². The van der Waals surface area contributed by atoms with Crippen LogP contribution in [0, 0.1) is 0 Å². The standard InChI is InChI=1S/C19H18BrN5O3S2/c20-14-12-22-25-17(11-15(24-19(14)25)13-5-1-2-6-16(13)26)21-8-4-9-23-30(27,28)18-7-3-10-29-18/h1-3,5-7,10-12,21,23,26H,4,8-9H2. The van der Waals surface area contributed by atoms with Crippen molar-refractivity contribution in [2.24, 2.45) is 0 Å². The van der Waals surface area contributed by atoms with E-state index in [4.69, 9.17) is 0 Å². The fourth-order valence-corrected chi connectivity index (χ4v) is 5.35. The zero-order valence-corrected chi connectivity index (χ0v) is 18.8. The maximum atomic E-state index is 12.2. The number of phenols is 1. The lowest BCUT2D eigenvalue weighted by molar-refractivity contribution is 0.477. The number of benzene rings is 1. The van der Waals surface area contributed by atoms with Crippen molar-refractivity contribution < 1.29 is 13.5 Å². The summed E-state index contributed by atoms with van der Waals surface area (Å²) in [5.74, 6) is 0.823. The molecule has 0 amide bonds. The first-order chi connectivity index (χ1) is 14.5. The molecule has 1 aromatic carbocycles. The fraction of sp³-hybridized carbons (Fsp3) is 0.158. The van der Waals surface area contributed by atoms with E-state index in [1.165, 1.54) is 11.3 Å². The largest absolute Gasteiger partial charge is 0.507 e. The summed E-state index contributed by atoms with van der Waals surface area (Å²) < 4.78 is 29.6. The summed E-state index contributed by atoms with van der Waals surface area (Å²) in [6.07, 6.45) is 2.22. The highest BCUT2D eigenvalue weighted by molar-refractivity contribution is 9.10. The zero-order chi connectivity index (χ0) is 21.1. The third kappa shape index (κ3) is 4.33. The van der Waals surface area contributed by atoms with Crippen LogP contribution in [0.4, 0.5) is 5.82 Å². The summed E-state index contributed by atoms with van der Waals surface area (Å²) in [5, 5.41) is 19.5. The summed E-state index contributed by atoms with van der Waals surface area (Å²) in [6, 6.07) is 12.1. The van der Waals surface area contributed by atoms with Gasteiger partial charge in [0.05, 0.1) is 16.4 Å².